The topological polar surface area (TPSA) is 62.9 Å². The molecule has 2 rings (SSSR count). The van der Waals surface area contributed by atoms with E-state index in [0.717, 1.165) is 4.88 Å². The molecule has 0 amide bonds. The van der Waals surface area contributed by atoms with Gasteiger partial charge in [-0.05, 0) is 32.1 Å². The van der Waals surface area contributed by atoms with E-state index in [9.17, 15) is 14.9 Å². The van der Waals surface area contributed by atoms with E-state index in [1.165, 1.54) is 20.8 Å². The first-order valence-electron chi connectivity index (χ1n) is 7.66. The number of Topliss-reactive ketones (excluding diaryl/α,β-unsaturated/α-hetero) is 1. The highest BCUT2D eigenvalue weighted by molar-refractivity contribution is 7.13. The number of nitriles is 1. The van der Waals surface area contributed by atoms with E-state index in [2.05, 4.69) is 0 Å². The summed E-state index contributed by atoms with van der Waals surface area (Å²) in [6.07, 6.45) is 1.83. The lowest BCUT2D eigenvalue weighted by Crippen LogP contribution is -2.33. The van der Waals surface area contributed by atoms with Gasteiger partial charge in [-0.2, -0.15) is 5.26 Å². The standard InChI is InChI=1S/C18H20N2O2S2/c1-6-20-16(22)14(9-12-8-7-11(2)23-12)24-17(20)13(10-19)15(21)18(3,4)5/h7-9H,6H2,1-5H3. The Balaban J connectivity index is 2.82. The SMILES string of the molecule is CCn1c(=C(C#N)C(=O)C(C)(C)C)sc(=Cc2ccc(C)s2)c1=O. The lowest BCUT2D eigenvalue weighted by molar-refractivity contribution is -0.120. The number of carbonyl (C=O) groups excluding carboxylic acids is 1. The third kappa shape index (κ3) is 3.58. The van der Waals surface area contributed by atoms with E-state index in [4.69, 9.17) is 0 Å². The summed E-state index contributed by atoms with van der Waals surface area (Å²) in [5.74, 6) is -0.244. The number of nitrogens with zero attached hydrogens (tertiary/aromatic N) is 2. The summed E-state index contributed by atoms with van der Waals surface area (Å²) in [6, 6.07) is 5.98. The lowest BCUT2D eigenvalue weighted by atomic mass is 9.87. The number of hydrogen-bond acceptors (Lipinski definition) is 5. The van der Waals surface area contributed by atoms with Gasteiger partial charge >= 0.3 is 0 Å². The number of aromatic nitrogens is 1. The average molecular weight is 361 g/mol. The summed E-state index contributed by atoms with van der Waals surface area (Å²) in [5.41, 5.74) is -0.759. The molecule has 2 aromatic rings. The van der Waals surface area contributed by atoms with E-state index in [-0.39, 0.29) is 16.9 Å². The zero-order chi connectivity index (χ0) is 18.1. The third-order valence-electron chi connectivity index (χ3n) is 3.49. The first-order chi connectivity index (χ1) is 11.2. The van der Waals surface area contributed by atoms with Crippen LogP contribution in [-0.2, 0) is 11.3 Å². The van der Waals surface area contributed by atoms with Crippen molar-refractivity contribution in [2.75, 3.05) is 0 Å². The van der Waals surface area contributed by atoms with Crippen molar-refractivity contribution in [3.05, 3.63) is 41.4 Å². The highest BCUT2D eigenvalue weighted by Crippen LogP contribution is 2.19. The van der Waals surface area contributed by atoms with Crippen molar-refractivity contribution in [1.82, 2.24) is 4.57 Å². The van der Waals surface area contributed by atoms with Crippen LogP contribution in [0, 0.1) is 23.7 Å². The number of aryl methyl sites for hydroxylation is 1. The van der Waals surface area contributed by atoms with Crippen molar-refractivity contribution in [2.45, 2.75) is 41.2 Å². The van der Waals surface area contributed by atoms with E-state index >= 15 is 0 Å². The molecule has 6 heteroatoms. The van der Waals surface area contributed by atoms with Gasteiger partial charge < -0.3 is 0 Å². The Bertz CT molecular complexity index is 992. The fourth-order valence-corrected chi connectivity index (χ4v) is 4.27. The molecule has 0 aromatic carbocycles. The molecule has 0 bridgehead atoms. The van der Waals surface area contributed by atoms with Crippen molar-refractivity contribution in [3.63, 3.8) is 0 Å². The number of ketones is 1. The van der Waals surface area contributed by atoms with Crippen LogP contribution in [-0.4, -0.2) is 10.4 Å². The molecule has 0 aliphatic heterocycles. The van der Waals surface area contributed by atoms with Crippen molar-refractivity contribution in [1.29, 1.82) is 5.26 Å². The third-order valence-corrected chi connectivity index (χ3v) is 5.57. The number of thiazole rings is 1. The van der Waals surface area contributed by atoms with Crippen LogP contribution in [0.1, 0.15) is 37.4 Å². The Morgan fingerprint density at radius 1 is 1.33 bits per heavy atom. The van der Waals surface area contributed by atoms with Crippen molar-refractivity contribution >= 4 is 40.1 Å². The van der Waals surface area contributed by atoms with Crippen LogP contribution >= 0.6 is 22.7 Å². The van der Waals surface area contributed by atoms with Crippen LogP contribution in [0.3, 0.4) is 0 Å². The molecule has 2 aromatic heterocycles. The quantitative estimate of drug-likeness (QED) is 0.844. The first-order valence-corrected chi connectivity index (χ1v) is 9.29. The van der Waals surface area contributed by atoms with E-state index < -0.39 is 5.41 Å². The Morgan fingerprint density at radius 2 is 2.00 bits per heavy atom. The lowest BCUT2D eigenvalue weighted by Gasteiger charge is -2.15. The predicted octanol–water partition coefficient (Wildman–Crippen LogP) is 2.42. The van der Waals surface area contributed by atoms with Crippen LogP contribution in [0.4, 0.5) is 0 Å². The smallest absolute Gasteiger partial charge is 0.269 e. The maximum absolute atomic E-state index is 12.6. The molecule has 2 heterocycles. The molecule has 0 aliphatic carbocycles. The van der Waals surface area contributed by atoms with Gasteiger partial charge in [-0.25, -0.2) is 0 Å². The molecule has 0 spiro atoms. The number of thiophene rings is 1. The minimum atomic E-state index is -0.668. The zero-order valence-corrected chi connectivity index (χ0v) is 16.1. The summed E-state index contributed by atoms with van der Waals surface area (Å²) in [5, 5.41) is 9.50. The van der Waals surface area contributed by atoms with Crippen LogP contribution in [0.15, 0.2) is 16.9 Å². The second kappa shape index (κ2) is 6.88. The van der Waals surface area contributed by atoms with Crippen molar-refractivity contribution in [2.24, 2.45) is 5.41 Å². The van der Waals surface area contributed by atoms with Gasteiger partial charge in [0.05, 0.1) is 4.53 Å². The van der Waals surface area contributed by atoms with E-state index in [1.807, 2.05) is 38.1 Å². The second-order valence-electron chi connectivity index (χ2n) is 6.48. The highest BCUT2D eigenvalue weighted by Gasteiger charge is 2.27. The molecular weight excluding hydrogens is 340 g/mol. The molecule has 4 nitrogen and oxygen atoms in total. The molecule has 0 fully saturated rings. The zero-order valence-electron chi connectivity index (χ0n) is 14.5. The van der Waals surface area contributed by atoms with Gasteiger partial charge in [0, 0.05) is 21.7 Å². The summed E-state index contributed by atoms with van der Waals surface area (Å²) in [7, 11) is 0. The Morgan fingerprint density at radius 3 is 2.46 bits per heavy atom. The minimum absolute atomic E-state index is 0.0634. The molecule has 0 saturated heterocycles. The maximum atomic E-state index is 12.6. The average Bonchev–Trinajstić information content (AvgIpc) is 3.04. The molecule has 126 valence electrons. The highest BCUT2D eigenvalue weighted by atomic mass is 32.1. The first kappa shape index (κ1) is 18.4. The van der Waals surface area contributed by atoms with Crippen LogP contribution < -0.4 is 14.8 Å². The van der Waals surface area contributed by atoms with Crippen LogP contribution in [0.5, 0.6) is 0 Å². The largest absolute Gasteiger partial charge is 0.298 e. The molecule has 0 unspecified atom stereocenters. The van der Waals surface area contributed by atoms with Gasteiger partial charge in [-0.1, -0.05) is 20.8 Å². The fourth-order valence-electron chi connectivity index (χ4n) is 2.22. The predicted molar refractivity (Wildman–Crippen MR) is 99.6 cm³/mol. The van der Waals surface area contributed by atoms with E-state index in [0.29, 0.717) is 15.7 Å². The normalized spacial score (nSPS) is 13.8. The van der Waals surface area contributed by atoms with Gasteiger partial charge in [0.1, 0.15) is 16.3 Å². The van der Waals surface area contributed by atoms with Gasteiger partial charge in [0.2, 0.25) is 0 Å². The van der Waals surface area contributed by atoms with Gasteiger partial charge in [0.15, 0.2) is 5.78 Å². The van der Waals surface area contributed by atoms with Crippen LogP contribution in [0.25, 0.3) is 11.6 Å². The summed E-state index contributed by atoms with van der Waals surface area (Å²) >= 11 is 2.82. The minimum Gasteiger partial charge on any atom is -0.298 e. The van der Waals surface area contributed by atoms with E-state index in [1.54, 1.807) is 32.1 Å². The monoisotopic (exact) mass is 360 g/mol. The molecule has 0 N–H and O–H groups in total. The molecule has 24 heavy (non-hydrogen) atoms. The number of hydrogen-bond donors (Lipinski definition) is 0. The summed E-state index contributed by atoms with van der Waals surface area (Å²) in [6.45, 7) is 9.59. The van der Waals surface area contributed by atoms with Gasteiger partial charge in [-0.3, -0.25) is 14.2 Å². The molecular formula is C18H20N2O2S2. The summed E-state index contributed by atoms with van der Waals surface area (Å²) in [4.78, 5) is 27.4. The number of carbonyl (C=O) groups is 1. The van der Waals surface area contributed by atoms with Gasteiger partial charge in [-0.15, -0.1) is 22.7 Å². The fraction of sp³-hybridized carbons (Fsp3) is 0.389. The van der Waals surface area contributed by atoms with Crippen LogP contribution in [0.2, 0.25) is 0 Å². The van der Waals surface area contributed by atoms with Gasteiger partial charge in [0.25, 0.3) is 5.56 Å². The van der Waals surface area contributed by atoms with Crippen molar-refractivity contribution < 1.29 is 4.79 Å². The second-order valence-corrected chi connectivity index (χ2v) is 8.83. The Labute approximate surface area is 149 Å². The summed E-state index contributed by atoms with van der Waals surface area (Å²) < 4.78 is 2.51. The molecule has 0 atom stereocenters. The molecule has 0 saturated carbocycles. The molecule has 0 aliphatic rings. The molecule has 0 radical (unpaired) electrons. The number of rotatable bonds is 3. The maximum Gasteiger partial charge on any atom is 0.269 e. The van der Waals surface area contributed by atoms with Crippen molar-refractivity contribution in [3.8, 4) is 6.07 Å². The Hall–Kier alpha value is -1.97. The Kier molecular flexibility index (Phi) is 5.26.